The number of H-pyrrole nitrogens is 2. The number of anilines is 1. The molecular formula is C34H32ClN5O5. The Labute approximate surface area is 263 Å². The van der Waals surface area contributed by atoms with Crippen molar-refractivity contribution in [3.63, 3.8) is 0 Å². The molecule has 0 radical (unpaired) electrons. The topological polar surface area (TPSA) is 128 Å². The number of nitrogens with one attached hydrogen (secondary N) is 2. The summed E-state index contributed by atoms with van der Waals surface area (Å²) in [6.45, 7) is 3.46. The predicted octanol–water partition coefficient (Wildman–Crippen LogP) is 6.15. The number of hydrogen-bond donors (Lipinski definition) is 3. The summed E-state index contributed by atoms with van der Waals surface area (Å²) in [5.74, 6) is 0.950. The summed E-state index contributed by atoms with van der Waals surface area (Å²) in [6, 6.07) is 16.6. The Bertz CT molecular complexity index is 2110. The Balaban J connectivity index is 1.10. The average molecular weight is 626 g/mol. The smallest absolute Gasteiger partial charge is 0.274 e. The number of aryl methyl sites for hydroxylation is 1. The van der Waals surface area contributed by atoms with E-state index in [1.165, 1.54) is 0 Å². The number of aromatic amines is 2. The van der Waals surface area contributed by atoms with Gasteiger partial charge in [-0.15, -0.1) is 11.6 Å². The molecule has 3 aromatic heterocycles. The lowest BCUT2D eigenvalue weighted by Crippen LogP contribution is -2.30. The van der Waals surface area contributed by atoms with Gasteiger partial charge in [0, 0.05) is 71.7 Å². The molecule has 3 N–H and O–H groups in total. The monoisotopic (exact) mass is 625 g/mol. The number of ketones is 1. The van der Waals surface area contributed by atoms with Gasteiger partial charge in [-0.2, -0.15) is 0 Å². The van der Waals surface area contributed by atoms with E-state index in [-0.39, 0.29) is 35.7 Å². The number of carbonyl (C=O) groups excluding carboxylic acids is 2. The van der Waals surface area contributed by atoms with E-state index in [1.807, 2.05) is 56.6 Å². The third-order valence-electron chi connectivity index (χ3n) is 8.28. The zero-order valence-corrected chi connectivity index (χ0v) is 25.9. The SMILES string of the molecule is Cc1nc2c3c(cc(O)c2o1)N(C(=O)c1cc2cc(CC(=O)c4cc5cc(OCCN(C)C)ccc5[nH]4)ccc2[nH]1)CC3CCl. The second kappa shape index (κ2) is 11.3. The van der Waals surface area contributed by atoms with Crippen LogP contribution < -0.4 is 9.64 Å². The predicted molar refractivity (Wildman–Crippen MR) is 174 cm³/mol. The van der Waals surface area contributed by atoms with Crippen molar-refractivity contribution in [2.45, 2.75) is 19.3 Å². The van der Waals surface area contributed by atoms with Gasteiger partial charge in [0.2, 0.25) is 0 Å². The number of rotatable bonds is 9. The zero-order valence-electron chi connectivity index (χ0n) is 25.1. The molecule has 45 heavy (non-hydrogen) atoms. The fourth-order valence-corrected chi connectivity index (χ4v) is 6.31. The number of benzene rings is 3. The molecule has 1 unspecified atom stereocenters. The van der Waals surface area contributed by atoms with Crippen molar-refractivity contribution in [2.75, 3.05) is 44.6 Å². The van der Waals surface area contributed by atoms with Gasteiger partial charge in [-0.25, -0.2) is 4.98 Å². The van der Waals surface area contributed by atoms with E-state index in [0.717, 1.165) is 45.2 Å². The minimum atomic E-state index is -0.250. The number of aromatic nitrogens is 3. The molecule has 0 saturated heterocycles. The average Bonchev–Trinajstić information content (AvgIpc) is 3.79. The van der Waals surface area contributed by atoms with Crippen LogP contribution >= 0.6 is 11.6 Å². The Kier molecular flexibility index (Phi) is 7.26. The minimum absolute atomic E-state index is 0.0394. The number of carbonyl (C=O) groups is 2. The molecule has 0 saturated carbocycles. The summed E-state index contributed by atoms with van der Waals surface area (Å²) >= 11 is 6.32. The number of phenolic OH excluding ortho intramolecular Hbond substituents is 1. The molecule has 10 nitrogen and oxygen atoms in total. The van der Waals surface area contributed by atoms with E-state index < -0.39 is 0 Å². The number of nitrogens with zero attached hydrogens (tertiary/aromatic N) is 3. The lowest BCUT2D eigenvalue weighted by atomic mass is 10.0. The summed E-state index contributed by atoms with van der Waals surface area (Å²) in [4.78, 5) is 41.6. The van der Waals surface area contributed by atoms with Crippen LogP contribution in [0.25, 0.3) is 32.9 Å². The van der Waals surface area contributed by atoms with Crippen molar-refractivity contribution < 1.29 is 23.8 Å². The third-order valence-corrected chi connectivity index (χ3v) is 8.66. The van der Waals surface area contributed by atoms with E-state index in [4.69, 9.17) is 20.8 Å². The lowest BCUT2D eigenvalue weighted by molar-refractivity contribution is 0.0978. The normalized spacial score (nSPS) is 14.7. The van der Waals surface area contributed by atoms with Crippen LogP contribution in [0.3, 0.4) is 0 Å². The standard InChI is InChI=1S/C34H32ClN5O5/c1-18-36-32-31-22(16-35)17-40(28(31)15-30(42)33(32)45-18)34(43)27-14-20-10-19(4-6-24(20)38-27)11-29(41)26-13-21-12-23(5-7-25(21)37-26)44-9-8-39(2)3/h4-7,10,12-15,22,37-38,42H,8-9,11,16-17H2,1-3H3. The molecule has 1 atom stereocenters. The highest BCUT2D eigenvalue weighted by Crippen LogP contribution is 2.45. The van der Waals surface area contributed by atoms with Crippen LogP contribution in [0.15, 0.2) is 59.0 Å². The summed E-state index contributed by atoms with van der Waals surface area (Å²) < 4.78 is 11.4. The van der Waals surface area contributed by atoms with Gasteiger partial charge >= 0.3 is 0 Å². The molecule has 6 aromatic rings. The number of aromatic hydroxyl groups is 1. The largest absolute Gasteiger partial charge is 0.504 e. The maximum Gasteiger partial charge on any atom is 0.274 e. The Morgan fingerprint density at radius 2 is 1.80 bits per heavy atom. The van der Waals surface area contributed by atoms with Gasteiger partial charge in [-0.05, 0) is 62.1 Å². The van der Waals surface area contributed by atoms with Crippen LogP contribution in [-0.2, 0) is 6.42 Å². The van der Waals surface area contributed by atoms with Crippen molar-refractivity contribution >= 4 is 61.9 Å². The fraction of sp³-hybridized carbons (Fsp3) is 0.265. The summed E-state index contributed by atoms with van der Waals surface area (Å²) in [5.41, 5.74) is 5.59. The number of ether oxygens (including phenoxy) is 1. The van der Waals surface area contributed by atoms with Crippen LogP contribution in [0.5, 0.6) is 11.5 Å². The van der Waals surface area contributed by atoms with Gasteiger partial charge in [-0.1, -0.05) is 6.07 Å². The van der Waals surface area contributed by atoms with Crippen LogP contribution in [-0.4, -0.2) is 76.3 Å². The summed E-state index contributed by atoms with van der Waals surface area (Å²) in [6.07, 6.45) is 0.201. The van der Waals surface area contributed by atoms with Crippen LogP contribution in [0, 0.1) is 6.92 Å². The van der Waals surface area contributed by atoms with E-state index in [0.29, 0.717) is 47.2 Å². The van der Waals surface area contributed by atoms with Gasteiger partial charge in [-0.3, -0.25) is 9.59 Å². The van der Waals surface area contributed by atoms with E-state index in [2.05, 4.69) is 19.9 Å². The number of Topliss-reactive ketones (excluding diaryl/α,β-unsaturated/α-hetero) is 1. The van der Waals surface area contributed by atoms with Gasteiger partial charge in [0.1, 0.15) is 23.6 Å². The third kappa shape index (κ3) is 5.30. The number of likely N-dealkylation sites (N-methyl/N-ethyl adjacent to an activating group) is 1. The first-order chi connectivity index (χ1) is 21.7. The molecule has 1 aliphatic heterocycles. The lowest BCUT2D eigenvalue weighted by Gasteiger charge is -2.17. The Morgan fingerprint density at radius 3 is 2.58 bits per heavy atom. The summed E-state index contributed by atoms with van der Waals surface area (Å²) in [5, 5.41) is 12.4. The fourth-order valence-electron chi connectivity index (χ4n) is 6.06. The first-order valence-corrected chi connectivity index (χ1v) is 15.3. The maximum atomic E-state index is 13.8. The number of halogens is 1. The Hall–Kier alpha value is -4.80. The molecule has 0 spiro atoms. The van der Waals surface area contributed by atoms with Gasteiger partial charge in [0.05, 0.1) is 11.4 Å². The first-order valence-electron chi connectivity index (χ1n) is 14.7. The van der Waals surface area contributed by atoms with Crippen molar-refractivity contribution in [1.82, 2.24) is 19.9 Å². The second-order valence-corrected chi connectivity index (χ2v) is 12.1. The number of fused-ring (bicyclic) bond motifs is 5. The molecule has 7 rings (SSSR count). The van der Waals surface area contributed by atoms with E-state index in [1.54, 1.807) is 24.0 Å². The highest BCUT2D eigenvalue weighted by Gasteiger charge is 2.37. The number of amides is 1. The van der Waals surface area contributed by atoms with Crippen LogP contribution in [0.4, 0.5) is 5.69 Å². The van der Waals surface area contributed by atoms with E-state index >= 15 is 0 Å². The molecule has 1 amide bonds. The van der Waals surface area contributed by atoms with Crippen molar-refractivity contribution in [2.24, 2.45) is 0 Å². The molecule has 0 fully saturated rings. The highest BCUT2D eigenvalue weighted by atomic mass is 35.5. The molecule has 3 aromatic carbocycles. The Morgan fingerprint density at radius 1 is 1.07 bits per heavy atom. The van der Waals surface area contributed by atoms with Crippen molar-refractivity contribution in [3.8, 4) is 11.5 Å². The van der Waals surface area contributed by atoms with Gasteiger partial charge < -0.3 is 34.0 Å². The first kappa shape index (κ1) is 28.9. The number of alkyl halides is 1. The molecule has 230 valence electrons. The minimum Gasteiger partial charge on any atom is -0.504 e. The molecule has 1 aliphatic rings. The zero-order chi connectivity index (χ0) is 31.4. The molecule has 4 heterocycles. The van der Waals surface area contributed by atoms with E-state index in [9.17, 15) is 14.7 Å². The molecule has 0 bridgehead atoms. The molecular weight excluding hydrogens is 594 g/mol. The second-order valence-electron chi connectivity index (χ2n) is 11.8. The summed E-state index contributed by atoms with van der Waals surface area (Å²) in [7, 11) is 4.00. The van der Waals surface area contributed by atoms with Crippen molar-refractivity contribution in [1.29, 1.82) is 0 Å². The number of phenols is 1. The van der Waals surface area contributed by atoms with Crippen LogP contribution in [0.2, 0.25) is 0 Å². The van der Waals surface area contributed by atoms with Gasteiger partial charge in [0.15, 0.2) is 23.0 Å². The molecule has 0 aliphatic carbocycles. The maximum absolute atomic E-state index is 13.8. The highest BCUT2D eigenvalue weighted by molar-refractivity contribution is 6.19. The number of hydrogen-bond acceptors (Lipinski definition) is 7. The van der Waals surface area contributed by atoms with Crippen LogP contribution in [0.1, 0.15) is 43.9 Å². The van der Waals surface area contributed by atoms with Gasteiger partial charge in [0.25, 0.3) is 5.91 Å². The van der Waals surface area contributed by atoms with Crippen molar-refractivity contribution in [3.05, 3.63) is 83.0 Å². The molecule has 11 heteroatoms. The number of oxazole rings is 1. The quantitative estimate of drug-likeness (QED) is 0.130.